The molecule has 1 aromatic heterocycles. The van der Waals surface area contributed by atoms with Gasteiger partial charge in [0, 0.05) is 18.3 Å². The molecule has 1 rings (SSSR count). The Morgan fingerprint density at radius 3 is 2.32 bits per heavy atom. The molecule has 4 nitrogen and oxygen atoms in total. The largest absolute Gasteiger partial charge is 0.366 e. The van der Waals surface area contributed by atoms with E-state index in [2.05, 4.69) is 23.8 Å². The van der Waals surface area contributed by atoms with E-state index in [9.17, 15) is 4.79 Å². The standard InChI is InChI=1S/C15H25N3O/c1-3-5-6-7-8-9-12(4-2)15-17-10-13(11-18-15)14(16)19/h10-12H,3-9H2,1-2H3,(H2,16,19). The predicted molar refractivity (Wildman–Crippen MR) is 77.0 cm³/mol. The van der Waals surface area contributed by atoms with Gasteiger partial charge in [-0.2, -0.15) is 0 Å². The maximum atomic E-state index is 11.0. The smallest absolute Gasteiger partial charge is 0.251 e. The van der Waals surface area contributed by atoms with Gasteiger partial charge in [0.15, 0.2) is 0 Å². The van der Waals surface area contributed by atoms with Gasteiger partial charge in [0.25, 0.3) is 5.91 Å². The topological polar surface area (TPSA) is 68.9 Å². The maximum absolute atomic E-state index is 11.0. The Labute approximate surface area is 115 Å². The lowest BCUT2D eigenvalue weighted by Crippen LogP contribution is -2.13. The molecule has 0 saturated heterocycles. The van der Waals surface area contributed by atoms with Crippen LogP contribution in [0, 0.1) is 0 Å². The highest BCUT2D eigenvalue weighted by Crippen LogP contribution is 2.22. The highest BCUT2D eigenvalue weighted by molar-refractivity contribution is 5.92. The van der Waals surface area contributed by atoms with Crippen molar-refractivity contribution in [2.24, 2.45) is 5.73 Å². The fraction of sp³-hybridized carbons (Fsp3) is 0.667. The van der Waals surface area contributed by atoms with Crippen LogP contribution in [0.1, 0.15) is 80.9 Å². The molecule has 19 heavy (non-hydrogen) atoms. The van der Waals surface area contributed by atoms with Crippen LogP contribution in [0.3, 0.4) is 0 Å². The van der Waals surface area contributed by atoms with E-state index in [0.717, 1.165) is 18.7 Å². The number of rotatable bonds is 9. The van der Waals surface area contributed by atoms with Crippen LogP contribution in [0.4, 0.5) is 0 Å². The van der Waals surface area contributed by atoms with Crippen LogP contribution < -0.4 is 5.73 Å². The molecule has 0 aromatic carbocycles. The van der Waals surface area contributed by atoms with Crippen molar-refractivity contribution in [1.82, 2.24) is 9.97 Å². The number of carbonyl (C=O) groups is 1. The average molecular weight is 263 g/mol. The third kappa shape index (κ3) is 5.37. The molecule has 0 aliphatic carbocycles. The Hall–Kier alpha value is -1.45. The maximum Gasteiger partial charge on any atom is 0.251 e. The SMILES string of the molecule is CCCCCCCC(CC)c1ncc(C(N)=O)cn1. The summed E-state index contributed by atoms with van der Waals surface area (Å²) in [7, 11) is 0. The molecule has 1 unspecified atom stereocenters. The summed E-state index contributed by atoms with van der Waals surface area (Å²) in [6.45, 7) is 4.38. The molecular weight excluding hydrogens is 238 g/mol. The van der Waals surface area contributed by atoms with Gasteiger partial charge in [-0.1, -0.05) is 46.0 Å². The number of hydrogen-bond donors (Lipinski definition) is 1. The molecule has 0 aliphatic rings. The molecular formula is C15H25N3O. The second kappa shape index (κ2) is 8.62. The number of carbonyl (C=O) groups excluding carboxylic acids is 1. The third-order valence-electron chi connectivity index (χ3n) is 3.47. The molecule has 1 atom stereocenters. The quantitative estimate of drug-likeness (QED) is 0.694. The van der Waals surface area contributed by atoms with E-state index in [1.165, 1.54) is 44.5 Å². The normalized spacial score (nSPS) is 12.3. The molecule has 0 radical (unpaired) electrons. The summed E-state index contributed by atoms with van der Waals surface area (Å²) in [5.74, 6) is 0.755. The number of nitrogens with zero attached hydrogens (tertiary/aromatic N) is 2. The van der Waals surface area contributed by atoms with E-state index in [4.69, 9.17) is 5.73 Å². The zero-order chi connectivity index (χ0) is 14.1. The first kappa shape index (κ1) is 15.6. The number of primary amides is 1. The summed E-state index contributed by atoms with van der Waals surface area (Å²) in [6.07, 6.45) is 11.6. The first-order valence-electron chi connectivity index (χ1n) is 7.30. The Kier molecular flexibility index (Phi) is 7.08. The lowest BCUT2D eigenvalue weighted by Gasteiger charge is -2.13. The van der Waals surface area contributed by atoms with Crippen molar-refractivity contribution >= 4 is 5.91 Å². The third-order valence-corrected chi connectivity index (χ3v) is 3.47. The molecule has 0 saturated carbocycles. The second-order valence-corrected chi connectivity index (χ2v) is 5.00. The fourth-order valence-electron chi connectivity index (χ4n) is 2.19. The Morgan fingerprint density at radius 2 is 1.79 bits per heavy atom. The van der Waals surface area contributed by atoms with Gasteiger partial charge in [0.05, 0.1) is 5.56 Å². The molecule has 1 heterocycles. The molecule has 1 aromatic rings. The minimum Gasteiger partial charge on any atom is -0.366 e. The first-order valence-corrected chi connectivity index (χ1v) is 7.30. The van der Waals surface area contributed by atoms with Crippen LogP contribution in [-0.2, 0) is 0 Å². The number of hydrogen-bond acceptors (Lipinski definition) is 3. The molecule has 1 amide bonds. The van der Waals surface area contributed by atoms with Gasteiger partial charge in [-0.25, -0.2) is 9.97 Å². The molecule has 4 heteroatoms. The van der Waals surface area contributed by atoms with Crippen LogP contribution in [0.5, 0.6) is 0 Å². The monoisotopic (exact) mass is 263 g/mol. The van der Waals surface area contributed by atoms with Crippen LogP contribution in [-0.4, -0.2) is 15.9 Å². The van der Waals surface area contributed by atoms with Crippen LogP contribution in [0.25, 0.3) is 0 Å². The first-order chi connectivity index (χ1) is 9.19. The van der Waals surface area contributed by atoms with E-state index in [1.54, 1.807) is 0 Å². The summed E-state index contributed by atoms with van der Waals surface area (Å²) in [5, 5.41) is 0. The van der Waals surface area contributed by atoms with Crippen LogP contribution in [0.2, 0.25) is 0 Å². The molecule has 106 valence electrons. The van der Waals surface area contributed by atoms with Crippen molar-refractivity contribution in [2.45, 2.75) is 64.7 Å². The van der Waals surface area contributed by atoms with Crippen molar-refractivity contribution in [3.05, 3.63) is 23.8 Å². The van der Waals surface area contributed by atoms with Crippen molar-refractivity contribution < 1.29 is 4.79 Å². The Balaban J connectivity index is 2.47. The van der Waals surface area contributed by atoms with E-state index in [-0.39, 0.29) is 0 Å². The van der Waals surface area contributed by atoms with Gasteiger partial charge in [0.2, 0.25) is 0 Å². The van der Waals surface area contributed by atoms with E-state index in [0.29, 0.717) is 11.5 Å². The van der Waals surface area contributed by atoms with Gasteiger partial charge in [-0.3, -0.25) is 4.79 Å². The Morgan fingerprint density at radius 1 is 1.16 bits per heavy atom. The van der Waals surface area contributed by atoms with Crippen molar-refractivity contribution in [3.63, 3.8) is 0 Å². The summed E-state index contributed by atoms with van der Waals surface area (Å²) in [6, 6.07) is 0. The molecule has 0 spiro atoms. The van der Waals surface area contributed by atoms with Crippen molar-refractivity contribution in [2.75, 3.05) is 0 Å². The van der Waals surface area contributed by atoms with E-state index < -0.39 is 5.91 Å². The predicted octanol–water partition coefficient (Wildman–Crippen LogP) is 3.43. The van der Waals surface area contributed by atoms with Gasteiger partial charge in [0.1, 0.15) is 5.82 Å². The summed E-state index contributed by atoms with van der Waals surface area (Å²) >= 11 is 0. The summed E-state index contributed by atoms with van der Waals surface area (Å²) in [4.78, 5) is 19.5. The molecule has 0 fully saturated rings. The zero-order valence-corrected chi connectivity index (χ0v) is 12.1. The van der Waals surface area contributed by atoms with Crippen molar-refractivity contribution in [1.29, 1.82) is 0 Å². The van der Waals surface area contributed by atoms with Crippen molar-refractivity contribution in [3.8, 4) is 0 Å². The second-order valence-electron chi connectivity index (χ2n) is 5.00. The summed E-state index contributed by atoms with van der Waals surface area (Å²) < 4.78 is 0. The molecule has 2 N–H and O–H groups in total. The van der Waals surface area contributed by atoms with E-state index >= 15 is 0 Å². The van der Waals surface area contributed by atoms with Crippen LogP contribution >= 0.6 is 0 Å². The molecule has 0 bridgehead atoms. The Bertz CT molecular complexity index is 375. The number of aromatic nitrogens is 2. The number of amides is 1. The summed E-state index contributed by atoms with van der Waals surface area (Å²) in [5.41, 5.74) is 5.56. The van der Waals surface area contributed by atoms with E-state index in [1.807, 2.05) is 0 Å². The highest BCUT2D eigenvalue weighted by Gasteiger charge is 2.12. The minimum absolute atomic E-state index is 0.376. The average Bonchev–Trinajstić information content (AvgIpc) is 2.43. The van der Waals surface area contributed by atoms with Gasteiger partial charge < -0.3 is 5.73 Å². The fourth-order valence-corrected chi connectivity index (χ4v) is 2.19. The lowest BCUT2D eigenvalue weighted by molar-refractivity contribution is 0.0999. The minimum atomic E-state index is -0.473. The van der Waals surface area contributed by atoms with Gasteiger partial charge >= 0.3 is 0 Å². The number of nitrogens with two attached hydrogens (primary N) is 1. The van der Waals surface area contributed by atoms with Gasteiger partial charge in [-0.05, 0) is 12.8 Å². The zero-order valence-electron chi connectivity index (χ0n) is 12.1. The highest BCUT2D eigenvalue weighted by atomic mass is 16.1. The molecule has 0 aliphatic heterocycles. The lowest BCUT2D eigenvalue weighted by atomic mass is 9.97. The number of unbranched alkanes of at least 4 members (excludes halogenated alkanes) is 4. The van der Waals surface area contributed by atoms with Gasteiger partial charge in [-0.15, -0.1) is 0 Å². The van der Waals surface area contributed by atoms with Crippen LogP contribution in [0.15, 0.2) is 12.4 Å².